The highest BCUT2D eigenvalue weighted by Crippen LogP contribution is 2.21. The van der Waals surface area contributed by atoms with Crippen molar-refractivity contribution in [3.05, 3.63) is 77.4 Å². The van der Waals surface area contributed by atoms with E-state index in [2.05, 4.69) is 63.7 Å². The van der Waals surface area contributed by atoms with Gasteiger partial charge in [-0.2, -0.15) is 0 Å². The van der Waals surface area contributed by atoms with Gasteiger partial charge in [-0.05, 0) is 28.7 Å². The molecule has 0 unspecified atom stereocenters. The van der Waals surface area contributed by atoms with Gasteiger partial charge in [-0.3, -0.25) is 14.6 Å². The molecule has 1 N–H and O–H groups in total. The van der Waals surface area contributed by atoms with Crippen LogP contribution in [0.2, 0.25) is 0 Å². The summed E-state index contributed by atoms with van der Waals surface area (Å²) in [6.45, 7) is 7.22. The maximum absolute atomic E-state index is 12.5. The summed E-state index contributed by atoms with van der Waals surface area (Å²) in [7, 11) is 0. The second-order valence-corrected chi connectivity index (χ2v) is 8.01. The molecule has 158 valence electrons. The first-order chi connectivity index (χ1) is 14.8. The molecule has 0 spiro atoms. The first-order valence-electron chi connectivity index (χ1n) is 10.9. The van der Waals surface area contributed by atoms with Crippen molar-refractivity contribution in [1.82, 2.24) is 15.1 Å². The first-order valence-corrected chi connectivity index (χ1v) is 10.9. The molecule has 30 heavy (non-hydrogen) atoms. The summed E-state index contributed by atoms with van der Waals surface area (Å²) in [6.07, 6.45) is 3.24. The number of rotatable bonds is 7. The summed E-state index contributed by atoms with van der Waals surface area (Å²) in [6, 6.07) is 18.9. The van der Waals surface area contributed by atoms with Crippen molar-refractivity contribution in [2.75, 3.05) is 45.9 Å². The Bertz CT molecular complexity index is 860. The van der Waals surface area contributed by atoms with Crippen LogP contribution in [0.25, 0.3) is 5.57 Å². The quantitative estimate of drug-likeness (QED) is 0.769. The minimum Gasteiger partial charge on any atom is -0.379 e. The summed E-state index contributed by atoms with van der Waals surface area (Å²) in [5.41, 5.74) is 5.15. The molecular formula is C25H31N3O2. The zero-order valence-corrected chi connectivity index (χ0v) is 17.6. The molecular weight excluding hydrogens is 374 g/mol. The van der Waals surface area contributed by atoms with Crippen molar-refractivity contribution < 1.29 is 9.53 Å². The van der Waals surface area contributed by atoms with E-state index in [-0.39, 0.29) is 5.91 Å². The van der Waals surface area contributed by atoms with Crippen molar-refractivity contribution in [2.45, 2.75) is 19.5 Å². The Morgan fingerprint density at radius 1 is 0.900 bits per heavy atom. The molecule has 2 heterocycles. The minimum atomic E-state index is 0.0905. The zero-order chi connectivity index (χ0) is 20.6. The van der Waals surface area contributed by atoms with E-state index in [1.807, 2.05) is 12.1 Å². The van der Waals surface area contributed by atoms with Crippen molar-refractivity contribution in [1.29, 1.82) is 0 Å². The van der Waals surface area contributed by atoms with E-state index in [1.54, 1.807) is 0 Å². The number of nitrogens with zero attached hydrogens (tertiary/aromatic N) is 2. The number of morpholine rings is 1. The molecule has 2 aromatic rings. The number of amides is 1. The Kier molecular flexibility index (Phi) is 7.29. The molecule has 0 aliphatic carbocycles. The summed E-state index contributed by atoms with van der Waals surface area (Å²) in [5, 5.41) is 3.12. The molecule has 1 saturated heterocycles. The number of ether oxygens (including phenoxy) is 1. The lowest BCUT2D eigenvalue weighted by molar-refractivity contribution is -0.122. The Morgan fingerprint density at radius 3 is 2.37 bits per heavy atom. The molecule has 0 radical (unpaired) electrons. The van der Waals surface area contributed by atoms with Gasteiger partial charge in [0.2, 0.25) is 5.91 Å². The third-order valence-corrected chi connectivity index (χ3v) is 5.90. The van der Waals surface area contributed by atoms with Crippen LogP contribution in [0.15, 0.2) is 60.7 Å². The van der Waals surface area contributed by atoms with Gasteiger partial charge in [0.05, 0.1) is 19.8 Å². The number of hydrogen-bond donors (Lipinski definition) is 1. The number of carbonyl (C=O) groups is 1. The fourth-order valence-corrected chi connectivity index (χ4v) is 4.11. The molecule has 0 saturated carbocycles. The van der Waals surface area contributed by atoms with E-state index >= 15 is 0 Å². The van der Waals surface area contributed by atoms with Gasteiger partial charge in [-0.1, -0.05) is 60.7 Å². The normalized spacial score (nSPS) is 18.1. The van der Waals surface area contributed by atoms with Gasteiger partial charge in [-0.15, -0.1) is 0 Å². The van der Waals surface area contributed by atoms with E-state index < -0.39 is 0 Å². The van der Waals surface area contributed by atoms with Crippen LogP contribution in [0, 0.1) is 0 Å². The number of carbonyl (C=O) groups excluding carboxylic acids is 1. The molecule has 0 aromatic heterocycles. The predicted octanol–water partition coefficient (Wildman–Crippen LogP) is 2.92. The summed E-state index contributed by atoms with van der Waals surface area (Å²) in [5.74, 6) is 0.0905. The molecule has 1 fully saturated rings. The van der Waals surface area contributed by atoms with Gasteiger partial charge in [0.1, 0.15) is 0 Å². The number of benzene rings is 2. The van der Waals surface area contributed by atoms with Crippen LogP contribution in [0.4, 0.5) is 0 Å². The Balaban J connectivity index is 1.26. The SMILES string of the molecule is O=C(CN1CC=C(c2ccccc2)CC1)NCc1ccccc1CN1CCOCC1. The highest BCUT2D eigenvalue weighted by molar-refractivity contribution is 5.78. The molecule has 4 rings (SSSR count). The Hall–Kier alpha value is -2.47. The molecule has 2 aromatic carbocycles. The molecule has 2 aliphatic heterocycles. The van der Waals surface area contributed by atoms with Crippen LogP contribution in [-0.2, 0) is 22.6 Å². The van der Waals surface area contributed by atoms with Crippen LogP contribution >= 0.6 is 0 Å². The average Bonchev–Trinajstić information content (AvgIpc) is 2.80. The molecule has 1 amide bonds. The van der Waals surface area contributed by atoms with Gasteiger partial charge in [0, 0.05) is 39.3 Å². The van der Waals surface area contributed by atoms with Crippen LogP contribution in [0.1, 0.15) is 23.1 Å². The van der Waals surface area contributed by atoms with Crippen LogP contribution in [0.3, 0.4) is 0 Å². The number of hydrogen-bond acceptors (Lipinski definition) is 4. The molecule has 0 bridgehead atoms. The first kappa shape index (κ1) is 20.8. The lowest BCUT2D eigenvalue weighted by atomic mass is 10.00. The van der Waals surface area contributed by atoms with E-state index in [0.29, 0.717) is 13.1 Å². The summed E-state index contributed by atoms with van der Waals surface area (Å²) < 4.78 is 5.44. The maximum atomic E-state index is 12.5. The third kappa shape index (κ3) is 5.79. The topological polar surface area (TPSA) is 44.8 Å². The Morgan fingerprint density at radius 2 is 1.63 bits per heavy atom. The summed E-state index contributed by atoms with van der Waals surface area (Å²) in [4.78, 5) is 17.2. The van der Waals surface area contributed by atoms with Crippen molar-refractivity contribution in [3.63, 3.8) is 0 Å². The largest absolute Gasteiger partial charge is 0.379 e. The highest BCUT2D eigenvalue weighted by atomic mass is 16.5. The molecule has 0 atom stereocenters. The number of nitrogens with one attached hydrogen (secondary N) is 1. The van der Waals surface area contributed by atoms with Gasteiger partial charge in [0.15, 0.2) is 0 Å². The van der Waals surface area contributed by atoms with Crippen LogP contribution < -0.4 is 5.32 Å². The third-order valence-electron chi connectivity index (χ3n) is 5.90. The lowest BCUT2D eigenvalue weighted by Gasteiger charge is -2.27. The predicted molar refractivity (Wildman–Crippen MR) is 120 cm³/mol. The zero-order valence-electron chi connectivity index (χ0n) is 17.6. The highest BCUT2D eigenvalue weighted by Gasteiger charge is 2.16. The van der Waals surface area contributed by atoms with Crippen LogP contribution in [-0.4, -0.2) is 61.6 Å². The Labute approximate surface area is 179 Å². The van der Waals surface area contributed by atoms with E-state index in [0.717, 1.165) is 52.4 Å². The van der Waals surface area contributed by atoms with E-state index in [9.17, 15) is 4.79 Å². The van der Waals surface area contributed by atoms with E-state index in [1.165, 1.54) is 22.3 Å². The fourth-order valence-electron chi connectivity index (χ4n) is 4.11. The van der Waals surface area contributed by atoms with Gasteiger partial charge in [-0.25, -0.2) is 0 Å². The minimum absolute atomic E-state index is 0.0905. The second kappa shape index (κ2) is 10.5. The van der Waals surface area contributed by atoms with Gasteiger partial charge >= 0.3 is 0 Å². The molecule has 5 heteroatoms. The van der Waals surface area contributed by atoms with Crippen molar-refractivity contribution in [2.24, 2.45) is 0 Å². The maximum Gasteiger partial charge on any atom is 0.234 e. The standard InChI is InChI=1S/C25H31N3O2/c29-25(20-27-12-10-22(11-13-27)21-6-2-1-3-7-21)26-18-23-8-4-5-9-24(23)19-28-14-16-30-17-15-28/h1-10H,11-20H2,(H,26,29). The van der Waals surface area contributed by atoms with Gasteiger partial charge < -0.3 is 10.1 Å². The second-order valence-electron chi connectivity index (χ2n) is 8.01. The summed E-state index contributed by atoms with van der Waals surface area (Å²) >= 11 is 0. The molecule has 5 nitrogen and oxygen atoms in total. The van der Waals surface area contributed by atoms with Crippen molar-refractivity contribution >= 4 is 11.5 Å². The van der Waals surface area contributed by atoms with E-state index in [4.69, 9.17) is 4.74 Å². The van der Waals surface area contributed by atoms with Crippen molar-refractivity contribution in [3.8, 4) is 0 Å². The average molecular weight is 406 g/mol. The van der Waals surface area contributed by atoms with Gasteiger partial charge in [0.25, 0.3) is 0 Å². The smallest absolute Gasteiger partial charge is 0.234 e. The molecule has 2 aliphatic rings. The lowest BCUT2D eigenvalue weighted by Crippen LogP contribution is -2.39. The fraction of sp³-hybridized carbons (Fsp3) is 0.400. The van der Waals surface area contributed by atoms with Crippen LogP contribution in [0.5, 0.6) is 0 Å². The monoisotopic (exact) mass is 405 g/mol.